The molecule has 0 fully saturated rings. The lowest BCUT2D eigenvalue weighted by molar-refractivity contribution is 0.100. The number of carbonyl (C=O) groups excluding carboxylic acids is 1. The predicted octanol–water partition coefficient (Wildman–Crippen LogP) is 2.17. The molecule has 3 rings (SSSR count). The minimum absolute atomic E-state index is 0.0996. The van der Waals surface area contributed by atoms with E-state index in [1.165, 1.54) is 0 Å². The number of hydrogen-bond acceptors (Lipinski definition) is 5. The Kier molecular flexibility index (Phi) is 3.57. The summed E-state index contributed by atoms with van der Waals surface area (Å²) in [4.78, 5) is 22.3. The third-order valence-corrected chi connectivity index (χ3v) is 3.53. The molecule has 0 aliphatic rings. The molecule has 0 spiro atoms. The van der Waals surface area contributed by atoms with Crippen LogP contribution in [0.5, 0.6) is 5.75 Å². The zero-order valence-electron chi connectivity index (χ0n) is 12.8. The first-order valence-electron chi connectivity index (χ1n) is 7.04. The first kappa shape index (κ1) is 14.8. The molecule has 6 heteroatoms. The number of rotatable bonds is 3. The summed E-state index contributed by atoms with van der Waals surface area (Å²) in [6.07, 6.45) is 0. The van der Waals surface area contributed by atoms with Crippen molar-refractivity contribution in [2.24, 2.45) is 5.73 Å². The number of phenolic OH excluding ortho intramolecular Hbond substituents is 1. The fourth-order valence-electron chi connectivity index (χ4n) is 2.39. The van der Waals surface area contributed by atoms with Crippen LogP contribution >= 0.6 is 0 Å². The van der Waals surface area contributed by atoms with Gasteiger partial charge in [-0.3, -0.25) is 4.79 Å². The maximum atomic E-state index is 11.4. The second kappa shape index (κ2) is 5.57. The Labute approximate surface area is 133 Å². The van der Waals surface area contributed by atoms with Crippen LogP contribution in [0, 0.1) is 0 Å². The first-order chi connectivity index (χ1) is 11.0. The van der Waals surface area contributed by atoms with Crippen LogP contribution in [0.2, 0.25) is 0 Å². The Hall–Kier alpha value is -3.15. The van der Waals surface area contributed by atoms with E-state index in [-0.39, 0.29) is 5.75 Å². The molecule has 0 aliphatic heterocycles. The van der Waals surface area contributed by atoms with Gasteiger partial charge in [-0.05, 0) is 30.3 Å². The van der Waals surface area contributed by atoms with Crippen LogP contribution < -0.4 is 10.6 Å². The topological polar surface area (TPSA) is 92.3 Å². The zero-order valence-corrected chi connectivity index (χ0v) is 12.8. The van der Waals surface area contributed by atoms with Crippen molar-refractivity contribution in [1.82, 2.24) is 9.97 Å². The number of nitrogens with zero attached hydrogens (tertiary/aromatic N) is 3. The van der Waals surface area contributed by atoms with Gasteiger partial charge in [-0.25, -0.2) is 9.97 Å². The summed E-state index contributed by atoms with van der Waals surface area (Å²) in [6, 6.07) is 11.9. The van der Waals surface area contributed by atoms with Crippen LogP contribution in [-0.2, 0) is 0 Å². The maximum absolute atomic E-state index is 11.4. The van der Waals surface area contributed by atoms with Gasteiger partial charge in [-0.15, -0.1) is 0 Å². The number of nitrogens with two attached hydrogens (primary N) is 1. The largest absolute Gasteiger partial charge is 0.507 e. The van der Waals surface area contributed by atoms with Crippen LogP contribution in [0.4, 0.5) is 5.82 Å². The van der Waals surface area contributed by atoms with Crippen molar-refractivity contribution in [2.75, 3.05) is 19.0 Å². The van der Waals surface area contributed by atoms with Gasteiger partial charge < -0.3 is 15.7 Å². The Bertz CT molecular complexity index is 906. The van der Waals surface area contributed by atoms with E-state index in [1.807, 2.05) is 19.0 Å². The van der Waals surface area contributed by atoms with Crippen molar-refractivity contribution in [3.63, 3.8) is 0 Å². The molecule has 0 unspecified atom stereocenters. The van der Waals surface area contributed by atoms with E-state index < -0.39 is 5.91 Å². The summed E-state index contributed by atoms with van der Waals surface area (Å²) in [5.74, 6) is 0.675. The number of amides is 1. The lowest BCUT2D eigenvalue weighted by Gasteiger charge is -2.16. The number of para-hydroxylation sites is 1. The molecule has 0 saturated carbocycles. The van der Waals surface area contributed by atoms with E-state index in [1.54, 1.807) is 42.5 Å². The van der Waals surface area contributed by atoms with Crippen molar-refractivity contribution >= 4 is 22.6 Å². The normalized spacial score (nSPS) is 10.7. The first-order valence-corrected chi connectivity index (χ1v) is 7.04. The molecule has 1 aromatic heterocycles. The Morgan fingerprint density at radius 1 is 1.13 bits per heavy atom. The van der Waals surface area contributed by atoms with E-state index in [9.17, 15) is 9.90 Å². The number of hydrogen-bond donors (Lipinski definition) is 2. The molecule has 23 heavy (non-hydrogen) atoms. The van der Waals surface area contributed by atoms with Gasteiger partial charge in [0.25, 0.3) is 0 Å². The summed E-state index contributed by atoms with van der Waals surface area (Å²) in [7, 11) is 3.75. The molecular weight excluding hydrogens is 292 g/mol. The molecule has 3 N–H and O–H groups in total. The highest BCUT2D eigenvalue weighted by Crippen LogP contribution is 2.31. The third-order valence-electron chi connectivity index (χ3n) is 3.53. The van der Waals surface area contributed by atoms with Gasteiger partial charge in [0.05, 0.1) is 11.1 Å². The second-order valence-electron chi connectivity index (χ2n) is 5.38. The van der Waals surface area contributed by atoms with Crippen molar-refractivity contribution in [3.8, 4) is 17.1 Å². The number of aromatic nitrogens is 2. The number of fused-ring (bicyclic) bond motifs is 1. The highest BCUT2D eigenvalue weighted by Gasteiger charge is 2.14. The quantitative estimate of drug-likeness (QED) is 0.773. The molecule has 0 bridgehead atoms. The van der Waals surface area contributed by atoms with Crippen LogP contribution in [0.3, 0.4) is 0 Å². The highest BCUT2D eigenvalue weighted by molar-refractivity contribution is 5.99. The summed E-state index contributed by atoms with van der Waals surface area (Å²) in [6.45, 7) is 0. The van der Waals surface area contributed by atoms with Crippen LogP contribution in [0.15, 0.2) is 42.5 Å². The Morgan fingerprint density at radius 2 is 1.87 bits per heavy atom. The van der Waals surface area contributed by atoms with Crippen molar-refractivity contribution < 1.29 is 9.90 Å². The number of carbonyl (C=O) groups is 1. The summed E-state index contributed by atoms with van der Waals surface area (Å²) < 4.78 is 0. The summed E-state index contributed by atoms with van der Waals surface area (Å²) in [5, 5.41) is 10.8. The van der Waals surface area contributed by atoms with E-state index in [0.717, 1.165) is 5.39 Å². The van der Waals surface area contributed by atoms with Gasteiger partial charge in [-0.1, -0.05) is 12.1 Å². The molecule has 1 amide bonds. The SMILES string of the molecule is CN(C)c1nc(-c2ccccc2O)nc2cc(C(N)=O)ccc12. The molecule has 3 aromatic rings. The van der Waals surface area contributed by atoms with Crippen molar-refractivity contribution in [2.45, 2.75) is 0 Å². The number of anilines is 1. The fourth-order valence-corrected chi connectivity index (χ4v) is 2.39. The molecular formula is C17H16N4O2. The molecule has 0 saturated heterocycles. The fraction of sp³-hybridized carbons (Fsp3) is 0.118. The number of primary amides is 1. The van der Waals surface area contributed by atoms with Gasteiger partial charge >= 0.3 is 0 Å². The second-order valence-corrected chi connectivity index (χ2v) is 5.38. The number of aromatic hydroxyl groups is 1. The standard InChI is InChI=1S/C17H16N4O2/c1-21(2)17-11-8-7-10(15(18)23)9-13(11)19-16(20-17)12-5-3-4-6-14(12)22/h3-9,22H,1-2H3,(H2,18,23). The van der Waals surface area contributed by atoms with Gasteiger partial charge in [0.15, 0.2) is 5.82 Å². The molecule has 0 atom stereocenters. The minimum Gasteiger partial charge on any atom is -0.507 e. The molecule has 2 aromatic carbocycles. The molecule has 116 valence electrons. The lowest BCUT2D eigenvalue weighted by atomic mass is 10.1. The average Bonchev–Trinajstić information content (AvgIpc) is 2.53. The Morgan fingerprint density at radius 3 is 2.52 bits per heavy atom. The lowest BCUT2D eigenvalue weighted by Crippen LogP contribution is -2.14. The third kappa shape index (κ3) is 2.66. The van der Waals surface area contributed by atoms with Crippen LogP contribution in [0.1, 0.15) is 10.4 Å². The van der Waals surface area contributed by atoms with E-state index >= 15 is 0 Å². The molecule has 0 aliphatic carbocycles. The predicted molar refractivity (Wildman–Crippen MR) is 89.5 cm³/mol. The number of phenols is 1. The smallest absolute Gasteiger partial charge is 0.248 e. The van der Waals surface area contributed by atoms with Crippen LogP contribution in [0.25, 0.3) is 22.3 Å². The highest BCUT2D eigenvalue weighted by atomic mass is 16.3. The van der Waals surface area contributed by atoms with E-state index in [0.29, 0.717) is 28.3 Å². The number of benzene rings is 2. The van der Waals surface area contributed by atoms with E-state index in [2.05, 4.69) is 9.97 Å². The van der Waals surface area contributed by atoms with Gasteiger partial charge in [0.1, 0.15) is 11.6 Å². The van der Waals surface area contributed by atoms with E-state index in [4.69, 9.17) is 5.73 Å². The summed E-state index contributed by atoms with van der Waals surface area (Å²) in [5.41, 5.74) is 6.85. The molecule has 0 radical (unpaired) electrons. The maximum Gasteiger partial charge on any atom is 0.248 e. The van der Waals surface area contributed by atoms with Crippen LogP contribution in [-0.4, -0.2) is 35.1 Å². The van der Waals surface area contributed by atoms with Crippen molar-refractivity contribution in [3.05, 3.63) is 48.0 Å². The minimum atomic E-state index is -0.513. The molecule has 6 nitrogen and oxygen atoms in total. The molecule has 1 heterocycles. The zero-order chi connectivity index (χ0) is 16.6. The van der Waals surface area contributed by atoms with Crippen molar-refractivity contribution in [1.29, 1.82) is 0 Å². The average molecular weight is 308 g/mol. The van der Waals surface area contributed by atoms with Gasteiger partial charge in [0.2, 0.25) is 5.91 Å². The summed E-state index contributed by atoms with van der Waals surface area (Å²) >= 11 is 0. The monoisotopic (exact) mass is 308 g/mol. The van der Waals surface area contributed by atoms with Gasteiger partial charge in [-0.2, -0.15) is 0 Å². The van der Waals surface area contributed by atoms with Gasteiger partial charge in [0, 0.05) is 25.0 Å². The Balaban J connectivity index is 2.31.